The molecule has 1 aromatic rings. The molecule has 4 N–H and O–H groups in total. The first kappa shape index (κ1) is 14.0. The summed E-state index contributed by atoms with van der Waals surface area (Å²) in [6.45, 7) is 0. The summed E-state index contributed by atoms with van der Waals surface area (Å²) in [5, 5.41) is 19.2. The van der Waals surface area contributed by atoms with E-state index in [1.54, 1.807) is 0 Å². The minimum Gasteiger partial charge on any atom is -0.507 e. The van der Waals surface area contributed by atoms with Gasteiger partial charge in [-0.15, -0.1) is 0 Å². The van der Waals surface area contributed by atoms with Gasteiger partial charge in [0.1, 0.15) is 5.75 Å². The van der Waals surface area contributed by atoms with Crippen LogP contribution in [0.25, 0.3) is 0 Å². The van der Waals surface area contributed by atoms with E-state index in [4.69, 9.17) is 5.73 Å². The van der Waals surface area contributed by atoms with Gasteiger partial charge in [0.2, 0.25) is 5.91 Å². The van der Waals surface area contributed by atoms with Gasteiger partial charge in [0.05, 0.1) is 18.1 Å². The number of phenolic OH excluding ortho intramolecular Hbond substituents is 1. The standard InChI is InChI=1S/C14H13NO5/c15-12(19)6-8(16)4-7-5-11(18)13-9(14(7)20)2-1-3-10(13)17/h1-3,5,8,16-17H,4,6H2,(H2,15,19)/t8-/m0/s1. The number of allylic oxidation sites excluding steroid dienone is 1. The maximum atomic E-state index is 12.2. The lowest BCUT2D eigenvalue weighted by atomic mass is 9.86. The Kier molecular flexibility index (Phi) is 3.67. The molecule has 0 bridgehead atoms. The Morgan fingerprint density at radius 3 is 2.65 bits per heavy atom. The first-order valence-electron chi connectivity index (χ1n) is 5.98. The van der Waals surface area contributed by atoms with E-state index in [1.807, 2.05) is 0 Å². The van der Waals surface area contributed by atoms with E-state index in [0.29, 0.717) is 0 Å². The van der Waals surface area contributed by atoms with Crippen molar-refractivity contribution in [2.75, 3.05) is 0 Å². The number of nitrogens with two attached hydrogens (primary N) is 1. The van der Waals surface area contributed by atoms with Gasteiger partial charge in [-0.3, -0.25) is 14.4 Å². The van der Waals surface area contributed by atoms with Crippen LogP contribution in [-0.4, -0.2) is 33.8 Å². The summed E-state index contributed by atoms with van der Waals surface area (Å²) in [5.41, 5.74) is 5.11. The van der Waals surface area contributed by atoms with E-state index in [1.165, 1.54) is 18.2 Å². The number of rotatable bonds is 4. The number of carbonyl (C=O) groups excluding carboxylic acids is 3. The number of aliphatic hydroxyl groups excluding tert-OH is 1. The van der Waals surface area contributed by atoms with Crippen LogP contribution in [0.3, 0.4) is 0 Å². The van der Waals surface area contributed by atoms with Gasteiger partial charge in [0.15, 0.2) is 11.6 Å². The van der Waals surface area contributed by atoms with Crippen LogP contribution in [0.5, 0.6) is 5.75 Å². The number of amides is 1. The number of phenols is 1. The summed E-state index contributed by atoms with van der Waals surface area (Å²) in [6, 6.07) is 4.22. The van der Waals surface area contributed by atoms with E-state index < -0.39 is 23.6 Å². The predicted octanol–water partition coefficient (Wildman–Crippen LogP) is 0.324. The summed E-state index contributed by atoms with van der Waals surface area (Å²) in [7, 11) is 0. The fourth-order valence-corrected chi connectivity index (χ4v) is 2.17. The zero-order valence-corrected chi connectivity index (χ0v) is 10.5. The molecule has 0 radical (unpaired) electrons. The van der Waals surface area contributed by atoms with Crippen LogP contribution in [0.2, 0.25) is 0 Å². The summed E-state index contributed by atoms with van der Waals surface area (Å²) < 4.78 is 0. The maximum Gasteiger partial charge on any atom is 0.220 e. The van der Waals surface area contributed by atoms with Crippen LogP contribution in [0, 0.1) is 0 Å². The smallest absolute Gasteiger partial charge is 0.220 e. The van der Waals surface area contributed by atoms with Crippen molar-refractivity contribution in [3.63, 3.8) is 0 Å². The first-order valence-corrected chi connectivity index (χ1v) is 5.98. The number of fused-ring (bicyclic) bond motifs is 1. The SMILES string of the molecule is NC(=O)C[C@@H](O)CC1=CC(=O)c2c(O)cccc2C1=O. The zero-order chi connectivity index (χ0) is 14.9. The average Bonchev–Trinajstić information content (AvgIpc) is 2.34. The van der Waals surface area contributed by atoms with Gasteiger partial charge in [-0.05, 0) is 12.1 Å². The second kappa shape index (κ2) is 5.26. The van der Waals surface area contributed by atoms with Gasteiger partial charge in [0.25, 0.3) is 0 Å². The molecule has 0 aromatic heterocycles. The molecule has 0 saturated heterocycles. The Morgan fingerprint density at radius 1 is 1.30 bits per heavy atom. The van der Waals surface area contributed by atoms with Crippen molar-refractivity contribution < 1.29 is 24.6 Å². The first-order chi connectivity index (χ1) is 9.40. The Morgan fingerprint density at radius 2 is 2.00 bits per heavy atom. The lowest BCUT2D eigenvalue weighted by Gasteiger charge is -2.17. The molecule has 1 aromatic carbocycles. The lowest BCUT2D eigenvalue weighted by molar-refractivity contribution is -0.119. The molecule has 0 aliphatic heterocycles. The topological polar surface area (TPSA) is 118 Å². The van der Waals surface area contributed by atoms with E-state index in [0.717, 1.165) is 6.08 Å². The van der Waals surface area contributed by atoms with Crippen LogP contribution in [0.4, 0.5) is 0 Å². The molecule has 1 amide bonds. The van der Waals surface area contributed by atoms with Crippen molar-refractivity contribution in [3.05, 3.63) is 41.0 Å². The van der Waals surface area contributed by atoms with Crippen LogP contribution >= 0.6 is 0 Å². The lowest BCUT2D eigenvalue weighted by Crippen LogP contribution is -2.24. The third kappa shape index (κ3) is 2.60. The highest BCUT2D eigenvalue weighted by atomic mass is 16.3. The number of aliphatic hydroxyl groups is 1. The highest BCUT2D eigenvalue weighted by Gasteiger charge is 2.28. The maximum absolute atomic E-state index is 12.2. The van der Waals surface area contributed by atoms with E-state index in [2.05, 4.69) is 0 Å². The largest absolute Gasteiger partial charge is 0.507 e. The minimum absolute atomic E-state index is 0.0364. The van der Waals surface area contributed by atoms with Crippen molar-refractivity contribution in [1.29, 1.82) is 0 Å². The minimum atomic E-state index is -1.12. The summed E-state index contributed by atoms with van der Waals surface area (Å²) in [5.74, 6) is -1.89. The molecule has 1 aliphatic rings. The number of Topliss-reactive ketones (excluding diaryl/α,β-unsaturated/α-hetero) is 1. The predicted molar refractivity (Wildman–Crippen MR) is 69.3 cm³/mol. The average molecular weight is 275 g/mol. The van der Waals surface area contributed by atoms with Crippen LogP contribution in [0.1, 0.15) is 33.6 Å². The van der Waals surface area contributed by atoms with Crippen molar-refractivity contribution in [2.45, 2.75) is 18.9 Å². The van der Waals surface area contributed by atoms with Gasteiger partial charge < -0.3 is 15.9 Å². The van der Waals surface area contributed by atoms with E-state index >= 15 is 0 Å². The number of hydrogen-bond acceptors (Lipinski definition) is 5. The van der Waals surface area contributed by atoms with Gasteiger partial charge in [-0.1, -0.05) is 12.1 Å². The number of carbonyl (C=O) groups is 3. The Labute approximate surface area is 114 Å². The van der Waals surface area contributed by atoms with E-state index in [-0.39, 0.29) is 35.3 Å². The third-order valence-corrected chi connectivity index (χ3v) is 3.02. The molecule has 0 unspecified atom stereocenters. The van der Waals surface area contributed by atoms with Crippen LogP contribution < -0.4 is 5.73 Å². The second-order valence-corrected chi connectivity index (χ2v) is 4.59. The number of ketones is 2. The third-order valence-electron chi connectivity index (χ3n) is 3.02. The van der Waals surface area contributed by atoms with Crippen LogP contribution in [0.15, 0.2) is 29.8 Å². The quantitative estimate of drug-likeness (QED) is 0.731. The van der Waals surface area contributed by atoms with Crippen molar-refractivity contribution >= 4 is 17.5 Å². The Balaban J connectivity index is 2.29. The molecule has 6 nitrogen and oxygen atoms in total. The molecule has 1 aliphatic carbocycles. The summed E-state index contributed by atoms with van der Waals surface area (Å²) in [4.78, 5) is 34.8. The Bertz CT molecular complexity index is 632. The fourth-order valence-electron chi connectivity index (χ4n) is 2.17. The summed E-state index contributed by atoms with van der Waals surface area (Å²) >= 11 is 0. The van der Waals surface area contributed by atoms with Gasteiger partial charge in [-0.2, -0.15) is 0 Å². The van der Waals surface area contributed by atoms with Crippen LogP contribution in [-0.2, 0) is 4.79 Å². The second-order valence-electron chi connectivity index (χ2n) is 4.59. The van der Waals surface area contributed by atoms with Gasteiger partial charge in [0, 0.05) is 17.6 Å². The van der Waals surface area contributed by atoms with E-state index in [9.17, 15) is 24.6 Å². The van der Waals surface area contributed by atoms with Gasteiger partial charge in [-0.25, -0.2) is 0 Å². The normalized spacial score (nSPS) is 15.6. The highest BCUT2D eigenvalue weighted by molar-refractivity contribution is 6.25. The number of aromatic hydroxyl groups is 1. The van der Waals surface area contributed by atoms with Crippen molar-refractivity contribution in [2.24, 2.45) is 5.73 Å². The molecular weight excluding hydrogens is 262 g/mol. The van der Waals surface area contributed by atoms with Crippen molar-refractivity contribution in [1.82, 2.24) is 0 Å². The monoisotopic (exact) mass is 275 g/mol. The molecule has 0 fully saturated rings. The Hall–Kier alpha value is -2.47. The molecule has 104 valence electrons. The number of hydrogen-bond donors (Lipinski definition) is 3. The zero-order valence-electron chi connectivity index (χ0n) is 10.5. The molecule has 20 heavy (non-hydrogen) atoms. The molecule has 0 saturated carbocycles. The molecule has 0 spiro atoms. The highest BCUT2D eigenvalue weighted by Crippen LogP contribution is 2.29. The molecule has 6 heteroatoms. The van der Waals surface area contributed by atoms with Gasteiger partial charge >= 0.3 is 0 Å². The molecule has 1 atom stereocenters. The summed E-state index contributed by atoms with van der Waals surface area (Å²) in [6.07, 6.45) is -0.461. The number of benzene rings is 1. The fraction of sp³-hybridized carbons (Fsp3) is 0.214. The molecular formula is C14H13NO5. The molecule has 2 rings (SSSR count). The molecule has 0 heterocycles. The van der Waals surface area contributed by atoms with Crippen molar-refractivity contribution in [3.8, 4) is 5.75 Å². The number of primary amides is 1.